The van der Waals surface area contributed by atoms with Crippen LogP contribution in [0.3, 0.4) is 0 Å². The maximum Gasteiger partial charge on any atom is 0.266 e. The number of hydrogen-bond donors (Lipinski definition) is 1. The first-order valence-electron chi connectivity index (χ1n) is 6.85. The SMILES string of the molecule is CC(=O)N1CCN(C(=O)/C(C#N)=C\Nc2nc(C)cs2)CC1. The van der Waals surface area contributed by atoms with Gasteiger partial charge in [-0.15, -0.1) is 11.3 Å². The third-order valence-corrected chi connectivity index (χ3v) is 4.21. The zero-order chi connectivity index (χ0) is 16.1. The fourth-order valence-corrected chi connectivity index (χ4v) is 2.75. The lowest BCUT2D eigenvalue weighted by Crippen LogP contribution is -2.50. The Morgan fingerprint density at radius 2 is 2.00 bits per heavy atom. The first-order valence-corrected chi connectivity index (χ1v) is 7.73. The van der Waals surface area contributed by atoms with E-state index in [0.29, 0.717) is 31.3 Å². The van der Waals surface area contributed by atoms with Gasteiger partial charge >= 0.3 is 0 Å². The highest BCUT2D eigenvalue weighted by molar-refractivity contribution is 7.13. The van der Waals surface area contributed by atoms with Gasteiger partial charge in [-0.05, 0) is 6.92 Å². The molecule has 1 aliphatic heterocycles. The van der Waals surface area contributed by atoms with Crippen molar-refractivity contribution in [3.63, 3.8) is 0 Å². The van der Waals surface area contributed by atoms with E-state index in [1.54, 1.807) is 9.80 Å². The number of nitriles is 1. The second kappa shape index (κ2) is 7.04. The monoisotopic (exact) mass is 319 g/mol. The standard InChI is InChI=1S/C14H17N5O2S/c1-10-9-22-14(17-10)16-8-12(7-15)13(21)19-5-3-18(4-6-19)11(2)20/h8-9H,3-6H2,1-2H3,(H,16,17)/b12-8-. The number of nitrogens with zero attached hydrogens (tertiary/aromatic N) is 4. The number of piperazine rings is 1. The molecule has 1 aromatic rings. The van der Waals surface area contributed by atoms with Gasteiger partial charge in [-0.2, -0.15) is 5.26 Å². The largest absolute Gasteiger partial charge is 0.339 e. The number of aryl methyl sites for hydroxylation is 1. The third kappa shape index (κ3) is 3.83. The van der Waals surface area contributed by atoms with Crippen molar-refractivity contribution in [2.24, 2.45) is 0 Å². The summed E-state index contributed by atoms with van der Waals surface area (Å²) in [6, 6.07) is 1.91. The van der Waals surface area contributed by atoms with E-state index >= 15 is 0 Å². The van der Waals surface area contributed by atoms with E-state index in [2.05, 4.69) is 10.3 Å². The zero-order valence-corrected chi connectivity index (χ0v) is 13.3. The minimum Gasteiger partial charge on any atom is -0.339 e. The molecule has 22 heavy (non-hydrogen) atoms. The molecule has 1 aliphatic rings. The van der Waals surface area contributed by atoms with Crippen molar-refractivity contribution >= 4 is 28.3 Å². The molecule has 0 radical (unpaired) electrons. The number of carbonyl (C=O) groups excluding carboxylic acids is 2. The molecule has 0 spiro atoms. The minimum atomic E-state index is -0.327. The molecular weight excluding hydrogens is 302 g/mol. The van der Waals surface area contributed by atoms with Gasteiger partial charge in [-0.3, -0.25) is 9.59 Å². The summed E-state index contributed by atoms with van der Waals surface area (Å²) in [6.07, 6.45) is 1.39. The van der Waals surface area contributed by atoms with Gasteiger partial charge in [0.25, 0.3) is 5.91 Å². The maximum atomic E-state index is 12.3. The Balaban J connectivity index is 1.97. The van der Waals surface area contributed by atoms with Gasteiger partial charge < -0.3 is 15.1 Å². The zero-order valence-electron chi connectivity index (χ0n) is 12.5. The Morgan fingerprint density at radius 1 is 1.36 bits per heavy atom. The average Bonchev–Trinajstić information content (AvgIpc) is 2.93. The summed E-state index contributed by atoms with van der Waals surface area (Å²) in [4.78, 5) is 31.1. The lowest BCUT2D eigenvalue weighted by molar-refractivity contribution is -0.136. The lowest BCUT2D eigenvalue weighted by atomic mass is 10.2. The molecule has 2 amide bonds. The van der Waals surface area contributed by atoms with Crippen molar-refractivity contribution in [1.29, 1.82) is 5.26 Å². The smallest absolute Gasteiger partial charge is 0.266 e. The molecule has 0 aromatic carbocycles. The maximum absolute atomic E-state index is 12.3. The van der Waals surface area contributed by atoms with Crippen molar-refractivity contribution in [2.75, 3.05) is 31.5 Å². The van der Waals surface area contributed by atoms with Crippen molar-refractivity contribution in [3.05, 3.63) is 22.8 Å². The van der Waals surface area contributed by atoms with E-state index in [1.165, 1.54) is 24.5 Å². The topological polar surface area (TPSA) is 89.3 Å². The molecule has 1 aromatic heterocycles. The lowest BCUT2D eigenvalue weighted by Gasteiger charge is -2.34. The number of aromatic nitrogens is 1. The molecule has 0 bridgehead atoms. The summed E-state index contributed by atoms with van der Waals surface area (Å²) < 4.78 is 0. The van der Waals surface area contributed by atoms with Crippen LogP contribution in [0.15, 0.2) is 17.2 Å². The molecule has 1 saturated heterocycles. The number of thiazole rings is 1. The van der Waals surface area contributed by atoms with Gasteiger partial charge in [0.05, 0.1) is 5.69 Å². The van der Waals surface area contributed by atoms with E-state index in [0.717, 1.165) is 5.69 Å². The fraction of sp³-hybridized carbons (Fsp3) is 0.429. The van der Waals surface area contributed by atoms with Crippen LogP contribution >= 0.6 is 11.3 Å². The fourth-order valence-electron chi connectivity index (χ4n) is 2.09. The van der Waals surface area contributed by atoms with E-state index in [-0.39, 0.29) is 17.4 Å². The summed E-state index contributed by atoms with van der Waals surface area (Å²) in [6.45, 7) is 5.26. The number of amides is 2. The first-order chi connectivity index (χ1) is 10.5. The molecule has 8 heteroatoms. The van der Waals surface area contributed by atoms with Crippen LogP contribution in [0.5, 0.6) is 0 Å². The van der Waals surface area contributed by atoms with Gasteiger partial charge in [-0.25, -0.2) is 4.98 Å². The van der Waals surface area contributed by atoms with Crippen molar-refractivity contribution in [3.8, 4) is 6.07 Å². The Labute approximate surface area is 132 Å². The predicted molar refractivity (Wildman–Crippen MR) is 83.0 cm³/mol. The van der Waals surface area contributed by atoms with Crippen molar-refractivity contribution in [1.82, 2.24) is 14.8 Å². The minimum absolute atomic E-state index is 0.00366. The Hall–Kier alpha value is -2.40. The number of hydrogen-bond acceptors (Lipinski definition) is 6. The van der Waals surface area contributed by atoms with E-state index < -0.39 is 0 Å². The molecule has 7 nitrogen and oxygen atoms in total. The van der Waals surface area contributed by atoms with Gasteiger partial charge in [0.15, 0.2) is 5.13 Å². The van der Waals surface area contributed by atoms with Crippen LogP contribution in [0.2, 0.25) is 0 Å². The summed E-state index contributed by atoms with van der Waals surface area (Å²) >= 11 is 1.41. The highest BCUT2D eigenvalue weighted by Crippen LogP contribution is 2.15. The molecule has 2 rings (SSSR count). The van der Waals surface area contributed by atoms with Crippen molar-refractivity contribution in [2.45, 2.75) is 13.8 Å². The van der Waals surface area contributed by atoms with E-state index in [4.69, 9.17) is 5.26 Å². The van der Waals surface area contributed by atoms with Gasteiger partial charge in [-0.1, -0.05) is 0 Å². The molecule has 116 valence electrons. The number of rotatable bonds is 3. The Bertz CT molecular complexity index is 638. The molecular formula is C14H17N5O2S. The highest BCUT2D eigenvalue weighted by atomic mass is 32.1. The molecule has 0 unspecified atom stereocenters. The molecule has 0 atom stereocenters. The van der Waals surface area contributed by atoms with Crippen LogP contribution in [0.4, 0.5) is 5.13 Å². The van der Waals surface area contributed by atoms with Crippen LogP contribution in [0, 0.1) is 18.3 Å². The summed E-state index contributed by atoms with van der Waals surface area (Å²) in [7, 11) is 0. The van der Waals surface area contributed by atoms with Crippen LogP contribution < -0.4 is 5.32 Å². The van der Waals surface area contributed by atoms with Gasteiger partial charge in [0.1, 0.15) is 11.6 Å². The summed E-state index contributed by atoms with van der Waals surface area (Å²) in [5.74, 6) is -0.324. The predicted octanol–water partition coefficient (Wildman–Crippen LogP) is 0.962. The summed E-state index contributed by atoms with van der Waals surface area (Å²) in [5.41, 5.74) is 0.912. The van der Waals surface area contributed by atoms with E-state index in [1.807, 2.05) is 18.4 Å². The van der Waals surface area contributed by atoms with Crippen molar-refractivity contribution < 1.29 is 9.59 Å². The molecule has 0 aliphatic carbocycles. The number of carbonyl (C=O) groups is 2. The first kappa shape index (κ1) is 16.0. The Morgan fingerprint density at radius 3 is 2.50 bits per heavy atom. The number of nitrogens with one attached hydrogen (secondary N) is 1. The Kier molecular flexibility index (Phi) is 5.12. The molecule has 1 fully saturated rings. The van der Waals surface area contributed by atoms with Crippen LogP contribution in [0.25, 0.3) is 0 Å². The average molecular weight is 319 g/mol. The second-order valence-corrected chi connectivity index (χ2v) is 5.76. The molecule has 0 saturated carbocycles. The van der Waals surface area contributed by atoms with Gasteiger partial charge in [0.2, 0.25) is 5.91 Å². The van der Waals surface area contributed by atoms with Crippen LogP contribution in [-0.2, 0) is 9.59 Å². The van der Waals surface area contributed by atoms with Gasteiger partial charge in [0, 0.05) is 44.7 Å². The highest BCUT2D eigenvalue weighted by Gasteiger charge is 2.24. The normalized spacial score (nSPS) is 15.4. The number of anilines is 1. The van der Waals surface area contributed by atoms with E-state index in [9.17, 15) is 9.59 Å². The second-order valence-electron chi connectivity index (χ2n) is 4.91. The molecule has 1 N–H and O–H groups in total. The third-order valence-electron chi connectivity index (χ3n) is 3.32. The quantitative estimate of drug-likeness (QED) is 0.662. The molecule has 2 heterocycles. The van der Waals surface area contributed by atoms with Crippen LogP contribution in [0.1, 0.15) is 12.6 Å². The summed E-state index contributed by atoms with van der Waals surface area (Å²) in [5, 5.41) is 14.6. The van der Waals surface area contributed by atoms with Crippen LogP contribution in [-0.4, -0.2) is 52.8 Å².